The van der Waals surface area contributed by atoms with Gasteiger partial charge in [0.15, 0.2) is 0 Å². The molecule has 0 saturated heterocycles. The first-order chi connectivity index (χ1) is 10.3. The van der Waals surface area contributed by atoms with Crippen LogP contribution >= 0.6 is 11.8 Å². The molecular weight excluding hydrogens is 276 g/mol. The lowest BCUT2D eigenvalue weighted by molar-refractivity contribution is -0.666. The number of nitrogen functional groups attached to an aromatic ring is 1. The van der Waals surface area contributed by atoms with Gasteiger partial charge >= 0.3 is 0 Å². The number of rotatable bonds is 3. The highest BCUT2D eigenvalue weighted by Gasteiger charge is 2.18. The van der Waals surface area contributed by atoms with Gasteiger partial charge < -0.3 is 0 Å². The highest BCUT2D eigenvalue weighted by molar-refractivity contribution is 7.98. The summed E-state index contributed by atoms with van der Waals surface area (Å²) < 4.78 is 1.76. The van der Waals surface area contributed by atoms with Crippen LogP contribution in [-0.4, -0.2) is 6.26 Å². The predicted octanol–water partition coefficient (Wildman–Crippen LogP) is 3.74. The zero-order chi connectivity index (χ0) is 14.7. The summed E-state index contributed by atoms with van der Waals surface area (Å²) in [5, 5.41) is 1.04. The quantitative estimate of drug-likeness (QED) is 0.453. The zero-order valence-electron chi connectivity index (χ0n) is 11.9. The molecule has 21 heavy (non-hydrogen) atoms. The molecule has 2 aromatic carbocycles. The second-order valence-corrected chi connectivity index (χ2v) is 5.60. The Morgan fingerprint density at radius 1 is 0.762 bits per heavy atom. The molecule has 104 valence electrons. The van der Waals surface area contributed by atoms with Gasteiger partial charge in [0.25, 0.3) is 5.03 Å². The fourth-order valence-electron chi connectivity index (χ4n) is 2.37. The minimum atomic E-state index is 1.02. The van der Waals surface area contributed by atoms with E-state index in [-0.39, 0.29) is 0 Å². The van der Waals surface area contributed by atoms with Crippen molar-refractivity contribution < 1.29 is 4.68 Å². The number of pyridine rings is 1. The third kappa shape index (κ3) is 2.78. The summed E-state index contributed by atoms with van der Waals surface area (Å²) in [5.74, 6) is 6.27. The first-order valence-electron chi connectivity index (χ1n) is 6.79. The van der Waals surface area contributed by atoms with Crippen LogP contribution in [0.4, 0.5) is 0 Å². The maximum absolute atomic E-state index is 6.27. The normalized spacial score (nSPS) is 10.5. The van der Waals surface area contributed by atoms with E-state index < -0.39 is 0 Å². The maximum atomic E-state index is 6.27. The van der Waals surface area contributed by atoms with E-state index in [0.717, 1.165) is 16.3 Å². The van der Waals surface area contributed by atoms with E-state index in [9.17, 15) is 0 Å². The monoisotopic (exact) mass is 293 g/mol. The van der Waals surface area contributed by atoms with Crippen molar-refractivity contribution in [3.8, 4) is 22.4 Å². The van der Waals surface area contributed by atoms with Gasteiger partial charge in [-0.2, -0.15) is 0 Å². The minimum absolute atomic E-state index is 1.02. The van der Waals surface area contributed by atoms with Crippen molar-refractivity contribution in [2.75, 3.05) is 12.1 Å². The molecule has 0 fully saturated rings. The molecule has 0 unspecified atom stereocenters. The molecular formula is C18H17N2S+. The van der Waals surface area contributed by atoms with Crippen LogP contribution in [0.15, 0.2) is 77.8 Å². The Kier molecular flexibility index (Phi) is 3.93. The van der Waals surface area contributed by atoms with Gasteiger partial charge in [0.1, 0.15) is 0 Å². The van der Waals surface area contributed by atoms with Crippen molar-refractivity contribution in [3.63, 3.8) is 0 Å². The summed E-state index contributed by atoms with van der Waals surface area (Å²) in [7, 11) is 0. The van der Waals surface area contributed by atoms with Gasteiger partial charge in [-0.05, 0) is 29.5 Å². The van der Waals surface area contributed by atoms with Gasteiger partial charge in [0.2, 0.25) is 5.69 Å². The summed E-state index contributed by atoms with van der Waals surface area (Å²) in [6.45, 7) is 0. The Morgan fingerprint density at radius 3 is 1.90 bits per heavy atom. The molecule has 0 saturated carbocycles. The Morgan fingerprint density at radius 2 is 1.33 bits per heavy atom. The van der Waals surface area contributed by atoms with Gasteiger partial charge in [-0.3, -0.25) is 0 Å². The molecule has 2 nitrogen and oxygen atoms in total. The lowest BCUT2D eigenvalue weighted by Gasteiger charge is -2.07. The molecule has 0 amide bonds. The second kappa shape index (κ2) is 6.02. The molecule has 0 bridgehead atoms. The molecule has 1 heterocycles. The van der Waals surface area contributed by atoms with E-state index in [1.807, 2.05) is 30.5 Å². The van der Waals surface area contributed by atoms with E-state index in [4.69, 9.17) is 5.84 Å². The zero-order valence-corrected chi connectivity index (χ0v) is 12.7. The van der Waals surface area contributed by atoms with Crippen LogP contribution in [0.2, 0.25) is 0 Å². The highest BCUT2D eigenvalue weighted by Crippen LogP contribution is 2.26. The van der Waals surface area contributed by atoms with Crippen molar-refractivity contribution in [2.24, 2.45) is 0 Å². The third-order valence-electron chi connectivity index (χ3n) is 3.45. The molecule has 3 rings (SSSR count). The summed E-state index contributed by atoms with van der Waals surface area (Å²) in [4.78, 5) is 0. The van der Waals surface area contributed by atoms with Crippen LogP contribution < -0.4 is 10.5 Å². The number of nitrogens with zero attached hydrogens (tertiary/aromatic N) is 1. The Labute approximate surface area is 129 Å². The number of nitrogens with two attached hydrogens (primary N) is 1. The van der Waals surface area contributed by atoms with E-state index in [0.29, 0.717) is 0 Å². The van der Waals surface area contributed by atoms with Crippen molar-refractivity contribution in [2.45, 2.75) is 5.03 Å². The average molecular weight is 293 g/mol. The number of thioether (sulfide) groups is 1. The molecule has 0 atom stereocenters. The number of benzene rings is 2. The van der Waals surface area contributed by atoms with E-state index in [2.05, 4.69) is 48.5 Å². The van der Waals surface area contributed by atoms with Gasteiger partial charge in [-0.25, -0.2) is 5.84 Å². The predicted molar refractivity (Wildman–Crippen MR) is 89.4 cm³/mol. The van der Waals surface area contributed by atoms with Crippen LogP contribution in [0.3, 0.4) is 0 Å². The van der Waals surface area contributed by atoms with Crippen LogP contribution in [0.25, 0.3) is 22.4 Å². The highest BCUT2D eigenvalue weighted by atomic mass is 32.2. The van der Waals surface area contributed by atoms with Crippen molar-refractivity contribution in [1.29, 1.82) is 0 Å². The minimum Gasteiger partial charge on any atom is -0.204 e. The van der Waals surface area contributed by atoms with Crippen molar-refractivity contribution >= 4 is 11.8 Å². The Bertz CT molecular complexity index is 740. The van der Waals surface area contributed by atoms with E-state index >= 15 is 0 Å². The molecule has 0 radical (unpaired) electrons. The van der Waals surface area contributed by atoms with Gasteiger partial charge in [-0.15, -0.1) is 0 Å². The van der Waals surface area contributed by atoms with Crippen LogP contribution in [-0.2, 0) is 0 Å². The third-order valence-corrected chi connectivity index (χ3v) is 4.19. The van der Waals surface area contributed by atoms with Crippen molar-refractivity contribution in [3.05, 3.63) is 72.8 Å². The summed E-state index contributed by atoms with van der Waals surface area (Å²) in [5.41, 5.74) is 4.51. The molecule has 3 heteroatoms. The van der Waals surface area contributed by atoms with Crippen LogP contribution in [0.5, 0.6) is 0 Å². The largest absolute Gasteiger partial charge is 0.270 e. The molecule has 2 N–H and O–H groups in total. The molecule has 0 aliphatic heterocycles. The van der Waals surface area contributed by atoms with Gasteiger partial charge in [-0.1, -0.05) is 65.0 Å². The molecule has 0 aliphatic rings. The van der Waals surface area contributed by atoms with E-state index in [1.54, 1.807) is 16.4 Å². The first-order valence-corrected chi connectivity index (χ1v) is 8.02. The SMILES string of the molecule is CSc1cc(-c2ccccc2)cc(-c2ccccc2)[n+]1N. The van der Waals surface area contributed by atoms with E-state index in [1.165, 1.54) is 11.1 Å². The second-order valence-electron chi connectivity index (χ2n) is 4.77. The summed E-state index contributed by atoms with van der Waals surface area (Å²) >= 11 is 1.65. The number of hydrogen-bond donors (Lipinski definition) is 1. The average Bonchev–Trinajstić information content (AvgIpc) is 2.56. The van der Waals surface area contributed by atoms with Crippen LogP contribution in [0, 0.1) is 0 Å². The molecule has 0 aliphatic carbocycles. The lowest BCUT2D eigenvalue weighted by atomic mass is 10.0. The van der Waals surface area contributed by atoms with Crippen molar-refractivity contribution in [1.82, 2.24) is 0 Å². The van der Waals surface area contributed by atoms with Crippen LogP contribution in [0.1, 0.15) is 0 Å². The maximum Gasteiger partial charge on any atom is 0.270 e. The molecule has 1 aromatic heterocycles. The topological polar surface area (TPSA) is 29.9 Å². The number of hydrogen-bond acceptors (Lipinski definition) is 2. The Balaban J connectivity index is 2.21. The summed E-state index contributed by atoms with van der Waals surface area (Å²) in [6.07, 6.45) is 2.04. The standard InChI is InChI=1S/C18H17N2S/c1-21-18-13-16(14-8-4-2-5-9-14)12-17(20(18)19)15-10-6-3-7-11-15/h2-13H,19H2,1H3/q+1. The first kappa shape index (κ1) is 13.7. The van der Waals surface area contributed by atoms with Gasteiger partial charge in [0.05, 0.1) is 0 Å². The summed E-state index contributed by atoms with van der Waals surface area (Å²) in [6, 6.07) is 24.9. The number of aromatic nitrogens is 1. The Hall–Kier alpha value is -2.26. The fourth-order valence-corrected chi connectivity index (χ4v) is 2.91. The lowest BCUT2D eigenvalue weighted by Crippen LogP contribution is -2.48. The molecule has 3 aromatic rings. The smallest absolute Gasteiger partial charge is 0.204 e. The fraction of sp³-hybridized carbons (Fsp3) is 0.0556. The van der Waals surface area contributed by atoms with Gasteiger partial charge in [0, 0.05) is 17.7 Å². The molecule has 0 spiro atoms.